The highest BCUT2D eigenvalue weighted by molar-refractivity contribution is 7.84. The second kappa shape index (κ2) is 4.17. The highest BCUT2D eigenvalue weighted by Crippen LogP contribution is 2.44. The number of benzene rings is 3. The number of hydrogen-bond donors (Lipinski definition) is 2. The summed E-state index contributed by atoms with van der Waals surface area (Å²) in [6.45, 7) is 0. The largest absolute Gasteiger partial charge is 0.142 e. The normalized spacial score (nSPS) is 11.7. The maximum atomic E-state index is 4.71. The summed E-state index contributed by atoms with van der Waals surface area (Å²) in [6.07, 6.45) is 0. The minimum atomic E-state index is 0.968. The first-order chi connectivity index (χ1) is 9.27. The summed E-state index contributed by atoms with van der Waals surface area (Å²) >= 11 is 11.2. The molecule has 0 atom stereocenters. The van der Waals surface area contributed by atoms with Crippen molar-refractivity contribution in [2.75, 3.05) is 0 Å². The van der Waals surface area contributed by atoms with Crippen molar-refractivity contribution < 1.29 is 0 Å². The van der Waals surface area contributed by atoms with Crippen LogP contribution in [0.3, 0.4) is 0 Å². The molecule has 0 aliphatic carbocycles. The SMILES string of the molecule is Sc1c(S)c2c3ccccc3sc2c2ccccc12. The topological polar surface area (TPSA) is 0 Å². The third-order valence-corrected chi connectivity index (χ3v) is 5.78. The van der Waals surface area contributed by atoms with Crippen LogP contribution in [-0.4, -0.2) is 0 Å². The summed E-state index contributed by atoms with van der Waals surface area (Å²) in [5, 5.41) is 4.94. The van der Waals surface area contributed by atoms with Gasteiger partial charge in [-0.25, -0.2) is 0 Å². The predicted octanol–water partition coefficient (Wildman–Crippen LogP) is 5.79. The highest BCUT2D eigenvalue weighted by atomic mass is 32.1. The van der Waals surface area contributed by atoms with Gasteiger partial charge in [-0.05, 0) is 11.5 Å². The van der Waals surface area contributed by atoms with Crippen LogP contribution in [-0.2, 0) is 0 Å². The Labute approximate surface area is 125 Å². The van der Waals surface area contributed by atoms with E-state index in [0.717, 1.165) is 9.79 Å². The second-order valence-corrected chi connectivity index (χ2v) is 6.49. The molecule has 0 nitrogen and oxygen atoms in total. The van der Waals surface area contributed by atoms with Gasteiger partial charge in [0.05, 0.1) is 0 Å². The molecule has 0 aliphatic heterocycles. The number of thiophene rings is 1. The molecule has 1 heterocycles. The zero-order chi connectivity index (χ0) is 13.0. The van der Waals surface area contributed by atoms with Crippen molar-refractivity contribution in [3.8, 4) is 0 Å². The summed E-state index contributed by atoms with van der Waals surface area (Å²) in [7, 11) is 0. The van der Waals surface area contributed by atoms with Crippen LogP contribution in [0, 0.1) is 0 Å². The summed E-state index contributed by atoms with van der Waals surface area (Å²) in [5.41, 5.74) is 0. The molecule has 19 heavy (non-hydrogen) atoms. The molecule has 0 unspecified atom stereocenters. The van der Waals surface area contributed by atoms with Gasteiger partial charge in [-0.3, -0.25) is 0 Å². The predicted molar refractivity (Wildman–Crippen MR) is 91.3 cm³/mol. The third kappa shape index (κ3) is 1.55. The van der Waals surface area contributed by atoms with E-state index in [4.69, 9.17) is 12.6 Å². The maximum absolute atomic E-state index is 4.71. The average molecular weight is 298 g/mol. The van der Waals surface area contributed by atoms with E-state index in [1.54, 1.807) is 0 Å². The molecule has 0 saturated heterocycles. The third-order valence-electron chi connectivity index (χ3n) is 3.48. The molecule has 0 fully saturated rings. The van der Waals surface area contributed by atoms with E-state index < -0.39 is 0 Å². The van der Waals surface area contributed by atoms with E-state index >= 15 is 0 Å². The summed E-state index contributed by atoms with van der Waals surface area (Å²) in [4.78, 5) is 1.95. The van der Waals surface area contributed by atoms with Crippen LogP contribution in [0.5, 0.6) is 0 Å². The fourth-order valence-corrected chi connectivity index (χ4v) is 4.59. The average Bonchev–Trinajstić information content (AvgIpc) is 2.84. The number of fused-ring (bicyclic) bond motifs is 5. The van der Waals surface area contributed by atoms with Crippen LogP contribution in [0.4, 0.5) is 0 Å². The molecule has 0 N–H and O–H groups in total. The minimum absolute atomic E-state index is 0.968. The monoisotopic (exact) mass is 298 g/mol. The zero-order valence-electron chi connectivity index (χ0n) is 9.92. The maximum Gasteiger partial charge on any atom is 0.0445 e. The quantitative estimate of drug-likeness (QED) is 0.377. The van der Waals surface area contributed by atoms with Gasteiger partial charge in [-0.1, -0.05) is 42.5 Å². The lowest BCUT2D eigenvalue weighted by Crippen LogP contribution is -1.80. The van der Waals surface area contributed by atoms with E-state index in [1.807, 2.05) is 11.3 Å². The summed E-state index contributed by atoms with van der Waals surface area (Å²) in [5.74, 6) is 0. The van der Waals surface area contributed by atoms with Crippen molar-refractivity contribution in [2.24, 2.45) is 0 Å². The molecule has 1 aromatic heterocycles. The molecule has 0 spiro atoms. The molecule has 0 amide bonds. The molecule has 4 rings (SSSR count). The first-order valence-electron chi connectivity index (χ1n) is 6.01. The standard InChI is InChI=1S/C16H10S3/c17-14-9-5-1-2-6-10(9)16-13(15(14)18)11-7-3-4-8-12(11)19-16/h1-8,17-18H. The van der Waals surface area contributed by atoms with E-state index in [9.17, 15) is 0 Å². The Morgan fingerprint density at radius 1 is 0.684 bits per heavy atom. The van der Waals surface area contributed by atoms with Crippen molar-refractivity contribution in [3.63, 3.8) is 0 Å². The van der Waals surface area contributed by atoms with Crippen molar-refractivity contribution in [1.29, 1.82) is 0 Å². The molecule has 0 aliphatic rings. The smallest absolute Gasteiger partial charge is 0.0445 e. The van der Waals surface area contributed by atoms with Crippen LogP contribution in [0.1, 0.15) is 0 Å². The number of thiol groups is 2. The van der Waals surface area contributed by atoms with E-state index in [-0.39, 0.29) is 0 Å². The Balaban J connectivity index is 2.41. The van der Waals surface area contributed by atoms with Crippen LogP contribution >= 0.6 is 36.6 Å². The first kappa shape index (κ1) is 11.6. The van der Waals surface area contributed by atoms with Gasteiger partial charge in [-0.2, -0.15) is 0 Å². The zero-order valence-corrected chi connectivity index (χ0v) is 12.5. The lowest BCUT2D eigenvalue weighted by atomic mass is 10.1. The van der Waals surface area contributed by atoms with Gasteiger partial charge >= 0.3 is 0 Å². The Hall–Kier alpha value is -1.16. The highest BCUT2D eigenvalue weighted by Gasteiger charge is 2.14. The van der Waals surface area contributed by atoms with Crippen molar-refractivity contribution in [3.05, 3.63) is 48.5 Å². The van der Waals surface area contributed by atoms with Gasteiger partial charge in [-0.15, -0.1) is 36.6 Å². The van der Waals surface area contributed by atoms with Crippen LogP contribution in [0.2, 0.25) is 0 Å². The molecule has 4 aromatic rings. The fraction of sp³-hybridized carbons (Fsp3) is 0. The van der Waals surface area contributed by atoms with Crippen molar-refractivity contribution in [2.45, 2.75) is 9.79 Å². The van der Waals surface area contributed by atoms with Gasteiger partial charge in [0.15, 0.2) is 0 Å². The van der Waals surface area contributed by atoms with Crippen LogP contribution in [0.15, 0.2) is 58.3 Å². The Bertz CT molecular complexity index is 935. The van der Waals surface area contributed by atoms with E-state index in [2.05, 4.69) is 61.2 Å². The number of rotatable bonds is 0. The molecule has 3 heteroatoms. The Morgan fingerprint density at radius 2 is 1.32 bits per heavy atom. The van der Waals surface area contributed by atoms with E-state index in [1.165, 1.54) is 30.9 Å². The minimum Gasteiger partial charge on any atom is -0.142 e. The molecule has 0 radical (unpaired) electrons. The van der Waals surface area contributed by atoms with Gasteiger partial charge < -0.3 is 0 Å². The second-order valence-electron chi connectivity index (χ2n) is 4.55. The van der Waals surface area contributed by atoms with Crippen LogP contribution in [0.25, 0.3) is 30.9 Å². The lowest BCUT2D eigenvalue weighted by Gasteiger charge is -2.07. The lowest BCUT2D eigenvalue weighted by molar-refractivity contribution is 1.39. The van der Waals surface area contributed by atoms with Gasteiger partial charge in [0.2, 0.25) is 0 Å². The molecule has 3 aromatic carbocycles. The van der Waals surface area contributed by atoms with Crippen LogP contribution < -0.4 is 0 Å². The Kier molecular flexibility index (Phi) is 2.56. The van der Waals surface area contributed by atoms with Crippen molar-refractivity contribution in [1.82, 2.24) is 0 Å². The molecule has 0 saturated carbocycles. The summed E-state index contributed by atoms with van der Waals surface area (Å²) in [6, 6.07) is 16.9. The van der Waals surface area contributed by atoms with Gasteiger partial charge in [0, 0.05) is 35.3 Å². The molecule has 0 bridgehead atoms. The number of hydrogen-bond acceptors (Lipinski definition) is 3. The summed E-state index contributed by atoms with van der Waals surface area (Å²) < 4.78 is 2.61. The van der Waals surface area contributed by atoms with Gasteiger partial charge in [0.1, 0.15) is 0 Å². The first-order valence-corrected chi connectivity index (χ1v) is 7.72. The molecular weight excluding hydrogens is 288 g/mol. The Morgan fingerprint density at radius 3 is 2.11 bits per heavy atom. The molecule has 92 valence electrons. The molecular formula is C16H10S3. The fourth-order valence-electron chi connectivity index (χ4n) is 2.60. The van der Waals surface area contributed by atoms with Gasteiger partial charge in [0.25, 0.3) is 0 Å². The van der Waals surface area contributed by atoms with E-state index in [0.29, 0.717) is 0 Å². The van der Waals surface area contributed by atoms with Crippen molar-refractivity contribution >= 4 is 67.5 Å².